The molecule has 2 nitrogen and oxygen atoms in total. The van der Waals surface area contributed by atoms with Crippen LogP contribution in [-0.4, -0.2) is 0 Å². The molecule has 0 saturated carbocycles. The smallest absolute Gasteiger partial charge is 0.188 e. The van der Waals surface area contributed by atoms with Crippen molar-refractivity contribution in [3.63, 3.8) is 0 Å². The summed E-state index contributed by atoms with van der Waals surface area (Å²) in [6, 6.07) is 26.3. The average molecular weight is 429 g/mol. The summed E-state index contributed by atoms with van der Waals surface area (Å²) in [7, 11) is 0. The highest BCUT2D eigenvalue weighted by Crippen LogP contribution is 2.55. The van der Waals surface area contributed by atoms with Crippen molar-refractivity contribution in [2.45, 2.75) is 23.9 Å². The van der Waals surface area contributed by atoms with Gasteiger partial charge in [-0.3, -0.25) is 0 Å². The van der Waals surface area contributed by atoms with E-state index in [1.807, 2.05) is 12.1 Å². The summed E-state index contributed by atoms with van der Waals surface area (Å²) in [6.07, 6.45) is 4.48. The van der Waals surface area contributed by atoms with Crippen LogP contribution in [0.4, 0.5) is 0 Å². The second-order valence-electron chi connectivity index (χ2n) is 8.46. The normalized spacial score (nSPS) is 24.3. The number of aromatic nitrogens is 2. The fourth-order valence-electron chi connectivity index (χ4n) is 6.10. The number of rotatable bonds is 0. The molecule has 5 aliphatic heterocycles. The van der Waals surface area contributed by atoms with Crippen LogP contribution >= 0.6 is 23.2 Å². The van der Waals surface area contributed by atoms with Crippen molar-refractivity contribution in [2.24, 2.45) is 0 Å². The maximum absolute atomic E-state index is 6.53. The summed E-state index contributed by atoms with van der Waals surface area (Å²) in [4.78, 5) is 0. The van der Waals surface area contributed by atoms with E-state index in [2.05, 4.69) is 82.2 Å². The second kappa shape index (κ2) is 5.94. The molecule has 0 N–H and O–H groups in total. The third kappa shape index (κ3) is 2.06. The van der Waals surface area contributed by atoms with Gasteiger partial charge in [-0.2, -0.15) is 9.13 Å². The third-order valence-corrected chi connectivity index (χ3v) is 7.59. The second-order valence-corrected chi connectivity index (χ2v) is 9.33. The van der Waals surface area contributed by atoms with Gasteiger partial charge in [0, 0.05) is 45.4 Å². The van der Waals surface area contributed by atoms with Crippen LogP contribution in [0.5, 0.6) is 0 Å². The number of hydrogen-bond donors (Lipinski definition) is 0. The van der Waals surface area contributed by atoms with Crippen LogP contribution in [0.25, 0.3) is 0 Å². The minimum absolute atomic E-state index is 0.150. The Labute approximate surface area is 185 Å². The van der Waals surface area contributed by atoms with Gasteiger partial charge in [0.05, 0.1) is 11.8 Å². The lowest BCUT2D eigenvalue weighted by Crippen LogP contribution is -2.63. The first-order chi connectivity index (χ1) is 14.7. The van der Waals surface area contributed by atoms with E-state index < -0.39 is 0 Å². The fraction of sp³-hybridized carbons (Fsp3) is 0.154. The zero-order valence-corrected chi connectivity index (χ0v) is 17.6. The summed E-state index contributed by atoms with van der Waals surface area (Å²) in [5, 5.41) is 1.59. The molecule has 0 radical (unpaired) electrons. The average Bonchev–Trinajstić information content (AvgIpc) is 2.75. The van der Waals surface area contributed by atoms with Gasteiger partial charge in [0.2, 0.25) is 12.1 Å². The largest absolute Gasteiger partial charge is 0.249 e. The summed E-state index contributed by atoms with van der Waals surface area (Å²) in [5.74, 6) is 0.339. The molecule has 0 amide bonds. The minimum Gasteiger partial charge on any atom is -0.188 e. The van der Waals surface area contributed by atoms with Crippen LogP contribution in [0, 0.1) is 0 Å². The first-order valence-electron chi connectivity index (χ1n) is 10.3. The lowest BCUT2D eigenvalue weighted by molar-refractivity contribution is -0.817. The van der Waals surface area contributed by atoms with Gasteiger partial charge < -0.3 is 0 Å². The number of nitrogens with zero attached hydrogens (tertiary/aromatic N) is 2. The first-order valence-corrected chi connectivity index (χ1v) is 11.1. The molecule has 0 saturated heterocycles. The van der Waals surface area contributed by atoms with E-state index in [1.165, 1.54) is 33.6 Å². The predicted molar refractivity (Wildman–Crippen MR) is 116 cm³/mol. The highest BCUT2D eigenvalue weighted by Gasteiger charge is 2.58. The van der Waals surface area contributed by atoms with Crippen molar-refractivity contribution >= 4 is 23.2 Å². The Kier molecular flexibility index (Phi) is 3.37. The summed E-state index contributed by atoms with van der Waals surface area (Å²) in [5.41, 5.74) is 8.10. The Balaban J connectivity index is 1.68. The molecule has 4 bridgehead atoms. The number of hydrogen-bond acceptors (Lipinski definition) is 0. The van der Waals surface area contributed by atoms with Crippen molar-refractivity contribution in [2.75, 3.05) is 0 Å². The lowest BCUT2D eigenvalue weighted by Gasteiger charge is -2.42. The SMILES string of the molecule is Clc1ccc2c(c1)[C@@H]1c3cccc[n+]3[C@H]2[C@@H]2c3ccc(Cl)cc3[C@H]1c1cccc[n+]12. The van der Waals surface area contributed by atoms with E-state index in [1.54, 1.807) is 0 Å². The van der Waals surface area contributed by atoms with E-state index >= 15 is 0 Å². The van der Waals surface area contributed by atoms with E-state index in [0.717, 1.165) is 10.0 Å². The molecule has 2 aromatic heterocycles. The Morgan fingerprint density at radius 3 is 1.47 bits per heavy atom. The molecule has 4 atom stereocenters. The Hall–Kier alpha value is -2.68. The van der Waals surface area contributed by atoms with Gasteiger partial charge in [-0.15, -0.1) is 0 Å². The summed E-state index contributed by atoms with van der Waals surface area (Å²) in [6.45, 7) is 0. The monoisotopic (exact) mass is 428 g/mol. The van der Waals surface area contributed by atoms with E-state index in [-0.39, 0.29) is 23.9 Å². The standard InChI is InChI=1S/C26H18Cl2N2/c27-15-7-9-17-19(13-15)23-21-5-1-3-11-29(21)25(17)26-18-10-8-16(28)14-20(18)24(23)22-6-2-4-12-30(22)26/h1-14,23-26H/q+2/t23-,24+,25-,26+. The lowest BCUT2D eigenvalue weighted by atomic mass is 9.65. The molecule has 1 aliphatic carbocycles. The van der Waals surface area contributed by atoms with Crippen molar-refractivity contribution in [1.82, 2.24) is 0 Å². The summed E-state index contributed by atoms with van der Waals surface area (Å²) >= 11 is 13.1. The highest BCUT2D eigenvalue weighted by atomic mass is 35.5. The summed E-state index contributed by atoms with van der Waals surface area (Å²) < 4.78 is 4.97. The topological polar surface area (TPSA) is 7.76 Å². The predicted octanol–water partition coefficient (Wildman–Crippen LogP) is 5.35. The quantitative estimate of drug-likeness (QED) is 0.333. The minimum atomic E-state index is 0.150. The highest BCUT2D eigenvalue weighted by molar-refractivity contribution is 6.31. The molecule has 0 unspecified atom stereocenters. The third-order valence-electron chi connectivity index (χ3n) is 7.12. The Morgan fingerprint density at radius 1 is 0.533 bits per heavy atom. The van der Waals surface area contributed by atoms with Crippen LogP contribution in [0.1, 0.15) is 57.6 Å². The fourth-order valence-corrected chi connectivity index (χ4v) is 6.47. The number of pyridine rings is 2. The van der Waals surface area contributed by atoms with Crippen molar-refractivity contribution < 1.29 is 9.13 Å². The van der Waals surface area contributed by atoms with Crippen LogP contribution in [0.15, 0.2) is 85.2 Å². The van der Waals surface area contributed by atoms with Crippen molar-refractivity contribution in [3.05, 3.63) is 129 Å². The van der Waals surface area contributed by atoms with E-state index in [9.17, 15) is 0 Å². The van der Waals surface area contributed by atoms with Gasteiger partial charge in [-0.25, -0.2) is 0 Å². The van der Waals surface area contributed by atoms with Crippen LogP contribution in [0.3, 0.4) is 0 Å². The van der Waals surface area contributed by atoms with E-state index in [0.29, 0.717) is 0 Å². The molecular weight excluding hydrogens is 411 g/mol. The molecule has 30 heavy (non-hydrogen) atoms. The van der Waals surface area contributed by atoms with Crippen LogP contribution in [0.2, 0.25) is 10.0 Å². The molecule has 0 spiro atoms. The van der Waals surface area contributed by atoms with Gasteiger partial charge in [-0.1, -0.05) is 47.5 Å². The molecule has 144 valence electrons. The van der Waals surface area contributed by atoms with Crippen LogP contribution in [-0.2, 0) is 0 Å². The van der Waals surface area contributed by atoms with Crippen molar-refractivity contribution in [3.8, 4) is 0 Å². The molecule has 0 fully saturated rings. The molecule has 4 aromatic rings. The first kappa shape index (κ1) is 17.0. The molecule has 7 heterocycles. The van der Waals surface area contributed by atoms with Gasteiger partial charge >= 0.3 is 0 Å². The maximum Gasteiger partial charge on any atom is 0.249 e. The maximum atomic E-state index is 6.53. The Morgan fingerprint density at radius 2 is 1.00 bits per heavy atom. The molecule has 6 aliphatic rings. The van der Waals surface area contributed by atoms with Gasteiger partial charge in [0.1, 0.15) is 0 Å². The number of benzene rings is 2. The zero-order chi connectivity index (χ0) is 20.0. The van der Waals surface area contributed by atoms with Gasteiger partial charge in [0.25, 0.3) is 0 Å². The van der Waals surface area contributed by atoms with Gasteiger partial charge in [-0.05, 0) is 35.4 Å². The van der Waals surface area contributed by atoms with Crippen LogP contribution < -0.4 is 9.13 Å². The zero-order valence-electron chi connectivity index (χ0n) is 16.0. The molecular formula is C26H18Cl2N2+2. The van der Waals surface area contributed by atoms with Gasteiger partial charge in [0.15, 0.2) is 23.8 Å². The Bertz CT molecular complexity index is 1260. The molecule has 10 rings (SSSR count). The number of halogens is 2. The van der Waals surface area contributed by atoms with E-state index in [4.69, 9.17) is 23.2 Å². The molecule has 2 aromatic carbocycles. The van der Waals surface area contributed by atoms with Crippen molar-refractivity contribution in [1.29, 1.82) is 0 Å². The molecule has 4 heteroatoms.